The molecule has 2 fully saturated rings. The van der Waals surface area contributed by atoms with Crippen molar-refractivity contribution in [2.75, 3.05) is 87.7 Å². The zero-order valence-electron chi connectivity index (χ0n) is 37.6. The van der Waals surface area contributed by atoms with Crippen LogP contribution < -0.4 is 21.3 Å². The van der Waals surface area contributed by atoms with Crippen LogP contribution in [-0.4, -0.2) is 108 Å². The van der Waals surface area contributed by atoms with Crippen LogP contribution in [0.3, 0.4) is 0 Å². The molecular formula is C52H55N13. The Morgan fingerprint density at radius 3 is 1.85 bits per heavy atom. The van der Waals surface area contributed by atoms with Crippen LogP contribution in [0.2, 0.25) is 0 Å². The molecule has 2 saturated heterocycles. The maximum atomic E-state index is 6.60. The molecule has 0 saturated carbocycles. The first-order valence-corrected chi connectivity index (χ1v) is 22.2. The molecule has 0 bridgehead atoms. The van der Waals surface area contributed by atoms with Crippen LogP contribution in [0, 0.1) is 20.4 Å². The fourth-order valence-corrected chi connectivity index (χ4v) is 8.54. The summed E-state index contributed by atoms with van der Waals surface area (Å²) in [5.74, 6) is 1.28. The number of rotatable bonds is 5. The lowest BCUT2D eigenvalue weighted by Crippen LogP contribution is -2.44. The van der Waals surface area contributed by atoms with Gasteiger partial charge in [-0.1, -0.05) is 18.2 Å². The number of benzene rings is 4. The molecule has 13 heteroatoms. The van der Waals surface area contributed by atoms with Gasteiger partial charge in [0.2, 0.25) is 0 Å². The first-order valence-electron chi connectivity index (χ1n) is 22.2. The molecule has 328 valence electrons. The van der Waals surface area contributed by atoms with Gasteiger partial charge >= 0.3 is 0 Å². The highest BCUT2D eigenvalue weighted by molar-refractivity contribution is 6.09. The number of piperazine rings is 2. The van der Waals surface area contributed by atoms with Crippen molar-refractivity contribution in [2.45, 2.75) is 26.7 Å². The lowest BCUT2D eigenvalue weighted by Gasteiger charge is -2.34. The van der Waals surface area contributed by atoms with Crippen molar-refractivity contribution in [3.63, 3.8) is 0 Å². The minimum absolute atomic E-state index is 0.468. The minimum atomic E-state index is 0.468. The van der Waals surface area contributed by atoms with Crippen molar-refractivity contribution in [1.29, 1.82) is 0 Å². The number of nitrogens with two attached hydrogens (primary N) is 2. The number of fused-ring (bicyclic) bond motifs is 3. The molecule has 3 aromatic heterocycles. The van der Waals surface area contributed by atoms with Gasteiger partial charge in [-0.15, -0.1) is 4.98 Å². The van der Waals surface area contributed by atoms with E-state index in [1.807, 2.05) is 43.5 Å². The number of imidazole rings is 1. The van der Waals surface area contributed by atoms with Gasteiger partial charge in [0.05, 0.1) is 50.9 Å². The summed E-state index contributed by atoms with van der Waals surface area (Å²) in [6.45, 7) is 19.4. The summed E-state index contributed by atoms with van der Waals surface area (Å²) < 4.78 is 0. The van der Waals surface area contributed by atoms with Crippen molar-refractivity contribution < 1.29 is 0 Å². The topological polar surface area (TPSA) is 149 Å². The molecule has 4 aliphatic heterocycles. The lowest BCUT2D eigenvalue weighted by molar-refractivity contribution is 0.313. The van der Waals surface area contributed by atoms with Crippen molar-refractivity contribution in [2.24, 2.45) is 9.98 Å². The average Bonchev–Trinajstić information content (AvgIpc) is 4.07. The molecule has 7 aromatic rings. The van der Waals surface area contributed by atoms with Crippen molar-refractivity contribution in [3.05, 3.63) is 154 Å². The van der Waals surface area contributed by atoms with Gasteiger partial charge in [-0.05, 0) is 141 Å². The van der Waals surface area contributed by atoms with Crippen LogP contribution in [-0.2, 0) is 12.8 Å². The zero-order chi connectivity index (χ0) is 45.0. The molecule has 4 aromatic carbocycles. The van der Waals surface area contributed by atoms with E-state index >= 15 is 0 Å². The number of aromatic nitrogens is 4. The second-order valence-electron chi connectivity index (χ2n) is 17.4. The number of likely N-dealkylation sites (N-methyl/N-ethyl adjacent to an activating group) is 2. The summed E-state index contributed by atoms with van der Waals surface area (Å²) in [5, 5.41) is 0. The summed E-state index contributed by atoms with van der Waals surface area (Å²) in [6.07, 6.45) is 5.22. The van der Waals surface area contributed by atoms with E-state index in [9.17, 15) is 0 Å². The molecule has 11 rings (SSSR count). The maximum absolute atomic E-state index is 6.60. The zero-order valence-corrected chi connectivity index (χ0v) is 37.6. The van der Waals surface area contributed by atoms with E-state index < -0.39 is 0 Å². The van der Waals surface area contributed by atoms with Gasteiger partial charge < -0.3 is 40.9 Å². The third-order valence-corrected chi connectivity index (χ3v) is 12.5. The summed E-state index contributed by atoms with van der Waals surface area (Å²) in [7, 11) is 4.36. The standard InChI is InChI=1S/C27H27N5.C18H22N6.C7H6N2/c1-18-7-8-28-26(13-18)27-17-20-14-19(3-5-23(20)30-27)25-16-21-15-22(4-6-24(21)29-25)32-11-9-31(2)10-12-32;1-23-6-8-24(9-7-23)13-3-5-16-17(11-13)22-18(21-16)12-2-4-14(19)15(20)10-12;1-6-3-4-9-7(5-6)8-2/h3-8,13-15H,9-12,16-17H2,1-2H3;2-5,10-11H,6-9,19-20H2,1H3,(H,21,22);3-5H,1H3. The average molecular weight is 862 g/mol. The number of H-pyrrole nitrogens is 1. The van der Waals surface area contributed by atoms with Crippen LogP contribution in [0.25, 0.3) is 27.3 Å². The normalized spacial score (nSPS) is 15.8. The smallest absolute Gasteiger partial charge is 0.269 e. The second kappa shape index (κ2) is 18.8. The third-order valence-electron chi connectivity index (χ3n) is 12.5. The molecular weight excluding hydrogens is 807 g/mol. The fourth-order valence-electron chi connectivity index (χ4n) is 8.54. The highest BCUT2D eigenvalue weighted by Crippen LogP contribution is 2.35. The lowest BCUT2D eigenvalue weighted by atomic mass is 9.99. The number of aromatic amines is 1. The predicted octanol–water partition coefficient (Wildman–Crippen LogP) is 8.58. The number of anilines is 4. The first kappa shape index (κ1) is 42.9. The second-order valence-corrected chi connectivity index (χ2v) is 17.4. The Morgan fingerprint density at radius 1 is 0.585 bits per heavy atom. The number of hydrogen-bond acceptors (Lipinski definition) is 11. The van der Waals surface area contributed by atoms with Gasteiger partial charge in [0.15, 0.2) is 0 Å². The summed E-state index contributed by atoms with van der Waals surface area (Å²) in [4.78, 5) is 39.0. The Balaban J connectivity index is 0.000000142. The van der Waals surface area contributed by atoms with Crippen LogP contribution in [0.5, 0.6) is 0 Å². The Hall–Kier alpha value is -7.40. The third kappa shape index (κ3) is 9.89. The Morgan fingerprint density at radius 2 is 1.18 bits per heavy atom. The van der Waals surface area contributed by atoms with Crippen LogP contribution >= 0.6 is 0 Å². The molecule has 0 radical (unpaired) electrons. The fraction of sp³-hybridized carbons (Fsp3) is 0.269. The molecule has 0 atom stereocenters. The number of aliphatic imine (C=N–C) groups is 2. The minimum Gasteiger partial charge on any atom is -0.397 e. The van der Waals surface area contributed by atoms with Gasteiger partial charge in [-0.25, -0.2) is 4.98 Å². The first-order chi connectivity index (χ1) is 31.5. The number of nitrogens with zero attached hydrogens (tertiary/aromatic N) is 10. The summed E-state index contributed by atoms with van der Waals surface area (Å²) >= 11 is 0. The van der Waals surface area contributed by atoms with Crippen LogP contribution in [0.4, 0.5) is 39.9 Å². The van der Waals surface area contributed by atoms with E-state index in [-0.39, 0.29) is 0 Å². The van der Waals surface area contributed by atoms with Crippen molar-refractivity contribution in [1.82, 2.24) is 29.7 Å². The largest absolute Gasteiger partial charge is 0.397 e. The van der Waals surface area contributed by atoms with Crippen molar-refractivity contribution in [3.8, 4) is 11.4 Å². The van der Waals surface area contributed by atoms with E-state index in [1.165, 1.54) is 33.6 Å². The number of nitrogen functional groups attached to an aromatic ring is 2. The van der Waals surface area contributed by atoms with E-state index in [0.29, 0.717) is 17.2 Å². The Bertz CT molecular complexity index is 2960. The summed E-state index contributed by atoms with van der Waals surface area (Å²) in [5.41, 5.74) is 29.8. The molecule has 5 N–H and O–H groups in total. The van der Waals surface area contributed by atoms with Gasteiger partial charge in [-0.2, -0.15) is 0 Å². The number of hydrogen-bond donors (Lipinski definition) is 3. The van der Waals surface area contributed by atoms with E-state index in [0.717, 1.165) is 122 Å². The Kier molecular flexibility index (Phi) is 12.4. The van der Waals surface area contributed by atoms with E-state index in [4.69, 9.17) is 28.0 Å². The molecule has 0 amide bonds. The molecule has 13 nitrogen and oxygen atoms in total. The van der Waals surface area contributed by atoms with Gasteiger partial charge in [0.1, 0.15) is 12.0 Å². The van der Waals surface area contributed by atoms with Gasteiger partial charge in [0.25, 0.3) is 5.82 Å². The molecule has 0 spiro atoms. The van der Waals surface area contributed by atoms with E-state index in [2.05, 4.69) is 126 Å². The summed E-state index contributed by atoms with van der Waals surface area (Å²) in [6, 6.07) is 33.1. The van der Waals surface area contributed by atoms with Crippen LogP contribution in [0.15, 0.2) is 119 Å². The van der Waals surface area contributed by atoms with Crippen molar-refractivity contribution >= 4 is 62.4 Å². The van der Waals surface area contributed by atoms with E-state index in [1.54, 1.807) is 12.3 Å². The quantitative estimate of drug-likeness (QED) is 0.114. The highest BCUT2D eigenvalue weighted by atomic mass is 15.3. The van der Waals surface area contributed by atoms with Gasteiger partial charge in [-0.3, -0.25) is 15.0 Å². The van der Waals surface area contributed by atoms with Crippen LogP contribution in [0.1, 0.15) is 33.5 Å². The SMILES string of the molecule is CN1CCN(c2ccc3nc(-c4ccc(N)c(N)c4)[nH]c3c2)CC1.Cc1ccnc(C2=Nc3ccc(C4=Nc5ccc(N6CCN(C)CC6)cc5C4)cc3C2)c1.[C-]#[N+]c1cc(C)ccn1. The molecule has 0 aliphatic carbocycles. The molecule has 65 heavy (non-hydrogen) atoms. The highest BCUT2D eigenvalue weighted by Gasteiger charge is 2.23. The molecule has 7 heterocycles. The Labute approximate surface area is 381 Å². The number of aryl methyl sites for hydroxylation is 2. The maximum Gasteiger partial charge on any atom is 0.269 e. The predicted molar refractivity (Wildman–Crippen MR) is 267 cm³/mol. The number of pyridine rings is 2. The number of nitrogens with one attached hydrogen (secondary N) is 1. The molecule has 0 unspecified atom stereocenters. The monoisotopic (exact) mass is 861 g/mol. The molecule has 4 aliphatic rings. The van der Waals surface area contributed by atoms with Gasteiger partial charge in [0, 0.05) is 88.3 Å².